The van der Waals surface area contributed by atoms with Crippen LogP contribution in [0, 0.1) is 30.6 Å². The summed E-state index contributed by atoms with van der Waals surface area (Å²) >= 11 is 0. The predicted octanol–water partition coefficient (Wildman–Crippen LogP) is 3.40. The maximum atomic E-state index is 6.02. The van der Waals surface area contributed by atoms with Crippen molar-refractivity contribution in [3.05, 3.63) is 17.5 Å². The van der Waals surface area contributed by atoms with Crippen molar-refractivity contribution in [1.82, 2.24) is 9.78 Å². The minimum atomic E-state index is 0.700. The number of hydrogen-bond acceptors (Lipinski definition) is 2. The van der Waals surface area contributed by atoms with Crippen molar-refractivity contribution in [2.45, 2.75) is 59.9 Å². The van der Waals surface area contributed by atoms with E-state index in [1.54, 1.807) is 0 Å². The summed E-state index contributed by atoms with van der Waals surface area (Å²) in [5.41, 5.74) is 8.56. The molecule has 0 aliphatic heterocycles. The molecule has 0 radical (unpaired) electrons. The summed E-state index contributed by atoms with van der Waals surface area (Å²) in [4.78, 5) is 0. The zero-order valence-electron chi connectivity index (χ0n) is 13.6. The lowest BCUT2D eigenvalue weighted by molar-refractivity contribution is 0.149. The van der Waals surface area contributed by atoms with E-state index in [1.165, 1.54) is 25.0 Å². The van der Waals surface area contributed by atoms with Crippen molar-refractivity contribution >= 4 is 0 Å². The highest BCUT2D eigenvalue weighted by molar-refractivity contribution is 5.10. The molecule has 1 aromatic rings. The minimum absolute atomic E-state index is 0.700. The molecule has 1 fully saturated rings. The number of rotatable bonds is 5. The Hall–Kier alpha value is -0.830. The molecule has 1 heterocycles. The molecule has 1 aromatic heterocycles. The van der Waals surface area contributed by atoms with E-state index in [4.69, 9.17) is 5.73 Å². The first-order valence-electron chi connectivity index (χ1n) is 8.28. The van der Waals surface area contributed by atoms with Crippen LogP contribution in [-0.2, 0) is 13.0 Å². The molecule has 1 aliphatic carbocycles. The van der Waals surface area contributed by atoms with Gasteiger partial charge in [0.2, 0.25) is 0 Å². The van der Waals surface area contributed by atoms with Gasteiger partial charge in [-0.15, -0.1) is 0 Å². The maximum Gasteiger partial charge on any atom is 0.0596 e. The topological polar surface area (TPSA) is 43.8 Å². The van der Waals surface area contributed by atoms with Crippen LogP contribution in [0.15, 0.2) is 6.07 Å². The van der Waals surface area contributed by atoms with Gasteiger partial charge in [-0.3, -0.25) is 4.68 Å². The van der Waals surface area contributed by atoms with E-state index in [9.17, 15) is 0 Å². The lowest BCUT2D eigenvalue weighted by Gasteiger charge is -2.37. The molecule has 0 amide bonds. The molecular weight excluding hydrogens is 246 g/mol. The predicted molar refractivity (Wildman–Crippen MR) is 84.6 cm³/mol. The summed E-state index contributed by atoms with van der Waals surface area (Å²) in [5, 5.41) is 4.59. The van der Waals surface area contributed by atoms with Gasteiger partial charge in [0.05, 0.1) is 5.69 Å². The molecule has 0 spiro atoms. The normalized spacial score (nSPS) is 27.2. The van der Waals surface area contributed by atoms with Gasteiger partial charge >= 0.3 is 0 Å². The van der Waals surface area contributed by atoms with Crippen LogP contribution >= 0.6 is 0 Å². The number of hydrogen-bond donors (Lipinski definition) is 1. The van der Waals surface area contributed by atoms with Crippen molar-refractivity contribution < 1.29 is 0 Å². The van der Waals surface area contributed by atoms with Gasteiger partial charge in [-0.05, 0) is 75.8 Å². The number of nitrogens with two attached hydrogens (primary N) is 1. The van der Waals surface area contributed by atoms with E-state index in [-0.39, 0.29) is 0 Å². The molecule has 3 nitrogen and oxygen atoms in total. The fourth-order valence-corrected chi connectivity index (χ4v) is 3.83. The second kappa shape index (κ2) is 6.75. The van der Waals surface area contributed by atoms with Gasteiger partial charge in [-0.2, -0.15) is 5.10 Å². The van der Waals surface area contributed by atoms with Crippen LogP contribution in [0.1, 0.15) is 51.4 Å². The summed E-state index contributed by atoms with van der Waals surface area (Å²) in [6.45, 7) is 10.8. The van der Waals surface area contributed by atoms with Gasteiger partial charge in [-0.25, -0.2) is 0 Å². The van der Waals surface area contributed by atoms with Gasteiger partial charge in [0.1, 0.15) is 0 Å². The van der Waals surface area contributed by atoms with Gasteiger partial charge in [0, 0.05) is 12.2 Å². The standard InChI is InChI=1S/C17H31N3/c1-5-20-17(8-13(4)19-20)10-16-9-14(12(2)3)6-7-15(16)11-18/h8,12,14-16H,5-7,9-11,18H2,1-4H3. The van der Waals surface area contributed by atoms with Gasteiger partial charge < -0.3 is 5.73 Å². The smallest absolute Gasteiger partial charge is 0.0596 e. The van der Waals surface area contributed by atoms with Gasteiger partial charge in [0.25, 0.3) is 0 Å². The highest BCUT2D eigenvalue weighted by Gasteiger charge is 2.31. The quantitative estimate of drug-likeness (QED) is 0.896. The Bertz CT molecular complexity index is 422. The molecule has 2 rings (SSSR count). The van der Waals surface area contributed by atoms with Crippen molar-refractivity contribution in [3.63, 3.8) is 0 Å². The fraction of sp³-hybridized carbons (Fsp3) is 0.824. The molecular formula is C17H31N3. The Morgan fingerprint density at radius 1 is 1.35 bits per heavy atom. The van der Waals surface area contributed by atoms with Crippen LogP contribution in [0.2, 0.25) is 0 Å². The van der Waals surface area contributed by atoms with Crippen molar-refractivity contribution in [2.24, 2.45) is 29.4 Å². The van der Waals surface area contributed by atoms with Crippen molar-refractivity contribution in [2.75, 3.05) is 6.54 Å². The second-order valence-corrected chi connectivity index (χ2v) is 6.87. The van der Waals surface area contributed by atoms with E-state index in [2.05, 4.69) is 43.5 Å². The Balaban J connectivity index is 2.10. The molecule has 2 N–H and O–H groups in total. The number of aromatic nitrogens is 2. The van der Waals surface area contributed by atoms with E-state index >= 15 is 0 Å². The van der Waals surface area contributed by atoms with E-state index in [0.29, 0.717) is 5.92 Å². The molecule has 3 atom stereocenters. The van der Waals surface area contributed by atoms with Crippen molar-refractivity contribution in [1.29, 1.82) is 0 Å². The Kier molecular flexibility index (Phi) is 5.25. The molecule has 1 aliphatic rings. The first-order valence-corrected chi connectivity index (χ1v) is 8.28. The zero-order chi connectivity index (χ0) is 14.7. The average molecular weight is 277 g/mol. The third-order valence-corrected chi connectivity index (χ3v) is 5.18. The molecule has 20 heavy (non-hydrogen) atoms. The maximum absolute atomic E-state index is 6.02. The molecule has 0 saturated heterocycles. The van der Waals surface area contributed by atoms with Crippen LogP contribution < -0.4 is 5.73 Å². The Labute approximate surface area is 123 Å². The number of aryl methyl sites for hydroxylation is 2. The van der Waals surface area contributed by atoms with Gasteiger partial charge in [-0.1, -0.05) is 13.8 Å². The zero-order valence-corrected chi connectivity index (χ0v) is 13.6. The highest BCUT2D eigenvalue weighted by Crippen LogP contribution is 2.38. The Morgan fingerprint density at radius 2 is 2.10 bits per heavy atom. The molecule has 114 valence electrons. The molecule has 0 aromatic carbocycles. The lowest BCUT2D eigenvalue weighted by Crippen LogP contribution is -2.33. The molecule has 3 heteroatoms. The minimum Gasteiger partial charge on any atom is -0.330 e. The lowest BCUT2D eigenvalue weighted by atomic mass is 9.69. The van der Waals surface area contributed by atoms with Crippen LogP contribution in [0.5, 0.6) is 0 Å². The molecule has 3 unspecified atom stereocenters. The summed E-state index contributed by atoms with van der Waals surface area (Å²) in [6.07, 6.45) is 5.17. The van der Waals surface area contributed by atoms with Crippen LogP contribution in [-0.4, -0.2) is 16.3 Å². The van der Waals surface area contributed by atoms with Crippen molar-refractivity contribution in [3.8, 4) is 0 Å². The summed E-state index contributed by atoms with van der Waals surface area (Å²) in [7, 11) is 0. The van der Waals surface area contributed by atoms with Crippen LogP contribution in [0.3, 0.4) is 0 Å². The summed E-state index contributed by atoms with van der Waals surface area (Å²) < 4.78 is 2.17. The first kappa shape index (κ1) is 15.6. The monoisotopic (exact) mass is 277 g/mol. The SMILES string of the molecule is CCn1nc(C)cc1CC1CC(C(C)C)CCC1CN. The summed E-state index contributed by atoms with van der Waals surface area (Å²) in [5.74, 6) is 3.11. The largest absolute Gasteiger partial charge is 0.330 e. The van der Waals surface area contributed by atoms with Crippen LogP contribution in [0.4, 0.5) is 0 Å². The number of nitrogens with zero attached hydrogens (tertiary/aromatic N) is 2. The Morgan fingerprint density at radius 3 is 2.70 bits per heavy atom. The average Bonchev–Trinajstić information content (AvgIpc) is 2.78. The van der Waals surface area contributed by atoms with Crippen LogP contribution in [0.25, 0.3) is 0 Å². The third-order valence-electron chi connectivity index (χ3n) is 5.18. The fourth-order valence-electron chi connectivity index (χ4n) is 3.83. The third kappa shape index (κ3) is 3.43. The first-order chi connectivity index (χ1) is 9.55. The second-order valence-electron chi connectivity index (χ2n) is 6.87. The summed E-state index contributed by atoms with van der Waals surface area (Å²) in [6, 6.07) is 2.26. The molecule has 0 bridgehead atoms. The van der Waals surface area contributed by atoms with E-state index < -0.39 is 0 Å². The highest BCUT2D eigenvalue weighted by atomic mass is 15.3. The van der Waals surface area contributed by atoms with E-state index in [1.807, 2.05) is 0 Å². The van der Waals surface area contributed by atoms with E-state index in [0.717, 1.165) is 43.0 Å². The van der Waals surface area contributed by atoms with Gasteiger partial charge in [0.15, 0.2) is 0 Å². The molecule has 1 saturated carbocycles.